The monoisotopic (exact) mass is 313 g/mol. The van der Waals surface area contributed by atoms with Gasteiger partial charge in [-0.15, -0.1) is 11.3 Å². The average molecular weight is 313 g/mol. The molecular weight excluding hydrogens is 294 g/mol. The Hall–Kier alpha value is -2.14. The van der Waals surface area contributed by atoms with Crippen LogP contribution >= 0.6 is 11.3 Å². The van der Waals surface area contributed by atoms with Crippen molar-refractivity contribution in [2.24, 2.45) is 0 Å². The van der Waals surface area contributed by atoms with E-state index in [4.69, 9.17) is 4.74 Å². The quantitative estimate of drug-likeness (QED) is 0.691. The molecular formula is C17H19N3OS. The molecule has 0 aliphatic heterocycles. The highest BCUT2D eigenvalue weighted by Crippen LogP contribution is 2.23. The maximum Gasteiger partial charge on any atom is 0.119 e. The van der Waals surface area contributed by atoms with Crippen molar-refractivity contribution in [1.29, 1.82) is 0 Å². The van der Waals surface area contributed by atoms with E-state index in [1.165, 1.54) is 5.56 Å². The van der Waals surface area contributed by atoms with Crippen LogP contribution in [-0.2, 0) is 13.0 Å². The number of benzene rings is 1. The van der Waals surface area contributed by atoms with Gasteiger partial charge in [-0.3, -0.25) is 4.68 Å². The van der Waals surface area contributed by atoms with Crippen LogP contribution in [0.4, 0.5) is 0 Å². The Bertz CT molecular complexity index is 730. The van der Waals surface area contributed by atoms with E-state index in [9.17, 15) is 0 Å². The summed E-state index contributed by atoms with van der Waals surface area (Å²) in [5.41, 5.74) is 3.36. The van der Waals surface area contributed by atoms with Gasteiger partial charge in [-0.25, -0.2) is 4.98 Å². The minimum absolute atomic E-state index is 0.657. The first-order valence-electron chi connectivity index (χ1n) is 7.41. The fourth-order valence-electron chi connectivity index (χ4n) is 2.21. The summed E-state index contributed by atoms with van der Waals surface area (Å²) in [6, 6.07) is 8.11. The van der Waals surface area contributed by atoms with Gasteiger partial charge in [0.1, 0.15) is 5.75 Å². The van der Waals surface area contributed by atoms with Gasteiger partial charge in [0.25, 0.3) is 0 Å². The Kier molecular flexibility index (Phi) is 4.53. The lowest BCUT2D eigenvalue weighted by atomic mass is 10.2. The van der Waals surface area contributed by atoms with Gasteiger partial charge in [0.05, 0.1) is 23.5 Å². The van der Waals surface area contributed by atoms with Crippen LogP contribution < -0.4 is 4.74 Å². The molecule has 0 fully saturated rings. The molecule has 0 aliphatic rings. The molecule has 0 saturated heterocycles. The van der Waals surface area contributed by atoms with Crippen LogP contribution in [0.15, 0.2) is 42.0 Å². The fraction of sp³-hybridized carbons (Fsp3) is 0.294. The zero-order valence-corrected chi connectivity index (χ0v) is 13.6. The highest BCUT2D eigenvalue weighted by molar-refractivity contribution is 7.09. The van der Waals surface area contributed by atoms with Crippen LogP contribution in [0.5, 0.6) is 5.75 Å². The lowest BCUT2D eigenvalue weighted by Crippen LogP contribution is -2.00. The van der Waals surface area contributed by atoms with E-state index < -0.39 is 0 Å². The van der Waals surface area contributed by atoms with Crippen molar-refractivity contribution in [1.82, 2.24) is 14.8 Å². The third-order valence-corrected chi connectivity index (χ3v) is 4.21. The smallest absolute Gasteiger partial charge is 0.119 e. The van der Waals surface area contributed by atoms with Crippen LogP contribution in [0.25, 0.3) is 11.3 Å². The second kappa shape index (κ2) is 6.75. The minimum Gasteiger partial charge on any atom is -0.493 e. The Morgan fingerprint density at radius 1 is 1.23 bits per heavy atom. The van der Waals surface area contributed by atoms with Crippen molar-refractivity contribution in [3.05, 3.63) is 52.6 Å². The first kappa shape index (κ1) is 14.8. The van der Waals surface area contributed by atoms with E-state index in [2.05, 4.69) is 40.7 Å². The second-order valence-corrected chi connectivity index (χ2v) is 6.14. The number of nitrogens with zero attached hydrogens (tertiary/aromatic N) is 3. The molecule has 3 rings (SSSR count). The van der Waals surface area contributed by atoms with E-state index in [1.807, 2.05) is 29.9 Å². The van der Waals surface area contributed by atoms with Crippen molar-refractivity contribution >= 4 is 11.3 Å². The summed E-state index contributed by atoms with van der Waals surface area (Å²) in [7, 11) is 0. The predicted molar refractivity (Wildman–Crippen MR) is 89.4 cm³/mol. The minimum atomic E-state index is 0.657. The molecule has 5 heteroatoms. The number of aryl methyl sites for hydroxylation is 2. The molecule has 0 saturated carbocycles. The average Bonchev–Trinajstić information content (AvgIpc) is 3.17. The molecule has 0 atom stereocenters. The molecule has 3 aromatic rings. The van der Waals surface area contributed by atoms with E-state index in [0.29, 0.717) is 6.61 Å². The molecule has 1 aromatic carbocycles. The molecule has 2 aromatic heterocycles. The van der Waals surface area contributed by atoms with Gasteiger partial charge in [0.15, 0.2) is 0 Å². The van der Waals surface area contributed by atoms with Gasteiger partial charge in [0, 0.05) is 30.1 Å². The Labute approximate surface area is 134 Å². The zero-order valence-electron chi connectivity index (χ0n) is 12.8. The number of rotatable bonds is 6. The number of hydrogen-bond donors (Lipinski definition) is 0. The summed E-state index contributed by atoms with van der Waals surface area (Å²) in [6.45, 7) is 5.66. The summed E-state index contributed by atoms with van der Waals surface area (Å²) in [5, 5.41) is 7.43. The number of ether oxygens (including phenoxy) is 1. The van der Waals surface area contributed by atoms with Crippen molar-refractivity contribution in [3.63, 3.8) is 0 Å². The fourth-order valence-corrected chi connectivity index (χ4v) is 2.84. The topological polar surface area (TPSA) is 39.9 Å². The summed E-state index contributed by atoms with van der Waals surface area (Å²) in [6.07, 6.45) is 4.84. The number of aromatic nitrogens is 3. The van der Waals surface area contributed by atoms with Crippen molar-refractivity contribution < 1.29 is 4.74 Å². The molecule has 0 spiro atoms. The largest absolute Gasteiger partial charge is 0.493 e. The SMILES string of the molecule is CCn1cc(CCOc2ccc(-c3csc(C)n3)cc2)cn1. The van der Waals surface area contributed by atoms with Gasteiger partial charge in [-0.1, -0.05) is 0 Å². The van der Waals surface area contributed by atoms with E-state index in [0.717, 1.165) is 35.0 Å². The summed E-state index contributed by atoms with van der Waals surface area (Å²) < 4.78 is 7.72. The Balaban J connectivity index is 1.55. The normalized spacial score (nSPS) is 10.8. The second-order valence-electron chi connectivity index (χ2n) is 5.08. The van der Waals surface area contributed by atoms with Crippen LogP contribution in [0.1, 0.15) is 17.5 Å². The van der Waals surface area contributed by atoms with Gasteiger partial charge < -0.3 is 4.74 Å². The lowest BCUT2D eigenvalue weighted by Gasteiger charge is -2.06. The van der Waals surface area contributed by atoms with Gasteiger partial charge in [-0.05, 0) is 43.7 Å². The van der Waals surface area contributed by atoms with Crippen LogP contribution in [0.2, 0.25) is 0 Å². The van der Waals surface area contributed by atoms with Gasteiger partial charge in [-0.2, -0.15) is 5.10 Å². The molecule has 114 valence electrons. The van der Waals surface area contributed by atoms with Crippen molar-refractivity contribution in [2.75, 3.05) is 6.61 Å². The third-order valence-electron chi connectivity index (χ3n) is 3.44. The van der Waals surface area contributed by atoms with Gasteiger partial charge in [0.2, 0.25) is 0 Å². The maximum atomic E-state index is 5.79. The highest BCUT2D eigenvalue weighted by Gasteiger charge is 2.03. The lowest BCUT2D eigenvalue weighted by molar-refractivity contribution is 0.322. The Morgan fingerprint density at radius 3 is 2.68 bits per heavy atom. The molecule has 2 heterocycles. The molecule has 0 amide bonds. The zero-order chi connectivity index (χ0) is 15.4. The highest BCUT2D eigenvalue weighted by atomic mass is 32.1. The maximum absolute atomic E-state index is 5.79. The molecule has 0 radical (unpaired) electrons. The summed E-state index contributed by atoms with van der Waals surface area (Å²) in [5.74, 6) is 0.888. The molecule has 0 N–H and O–H groups in total. The summed E-state index contributed by atoms with van der Waals surface area (Å²) >= 11 is 1.67. The van der Waals surface area contributed by atoms with E-state index >= 15 is 0 Å². The van der Waals surface area contributed by atoms with Crippen molar-refractivity contribution in [2.45, 2.75) is 26.8 Å². The molecule has 0 bridgehead atoms. The van der Waals surface area contributed by atoms with E-state index in [1.54, 1.807) is 11.3 Å². The number of hydrogen-bond acceptors (Lipinski definition) is 4. The van der Waals surface area contributed by atoms with Crippen molar-refractivity contribution in [3.8, 4) is 17.0 Å². The van der Waals surface area contributed by atoms with Crippen LogP contribution in [0, 0.1) is 6.92 Å². The van der Waals surface area contributed by atoms with Crippen LogP contribution in [-0.4, -0.2) is 21.4 Å². The summed E-state index contributed by atoms with van der Waals surface area (Å²) in [4.78, 5) is 4.49. The first-order chi connectivity index (χ1) is 10.7. The number of thiazole rings is 1. The standard InChI is InChI=1S/C17H19N3OS/c1-3-20-11-14(10-18-20)8-9-21-16-6-4-15(5-7-16)17-12-22-13(2)19-17/h4-7,10-12H,3,8-9H2,1-2H3. The Morgan fingerprint density at radius 2 is 2.05 bits per heavy atom. The molecule has 0 aliphatic carbocycles. The third kappa shape index (κ3) is 3.54. The van der Waals surface area contributed by atoms with E-state index in [-0.39, 0.29) is 0 Å². The predicted octanol–water partition coefficient (Wildman–Crippen LogP) is 3.96. The van der Waals surface area contributed by atoms with Gasteiger partial charge >= 0.3 is 0 Å². The molecule has 0 unspecified atom stereocenters. The molecule has 22 heavy (non-hydrogen) atoms. The van der Waals surface area contributed by atoms with Crippen LogP contribution in [0.3, 0.4) is 0 Å². The molecule has 4 nitrogen and oxygen atoms in total. The first-order valence-corrected chi connectivity index (χ1v) is 8.29.